The Bertz CT molecular complexity index is 2510. The topological polar surface area (TPSA) is 167 Å². The second-order valence-electron chi connectivity index (χ2n) is 12.1. The van der Waals surface area contributed by atoms with E-state index in [1.54, 1.807) is 22.8 Å². The molecule has 0 spiro atoms. The number of aryl methyl sites for hydroxylation is 2. The molecular formula is C38H36FN13. The number of hydrogen-bond donors (Lipinski definition) is 4. The van der Waals surface area contributed by atoms with Crippen LogP contribution in [0, 0.1) is 19.7 Å². The van der Waals surface area contributed by atoms with Crippen LogP contribution in [-0.4, -0.2) is 53.1 Å². The summed E-state index contributed by atoms with van der Waals surface area (Å²) in [5.41, 5.74) is 18.1. The van der Waals surface area contributed by atoms with Crippen molar-refractivity contribution < 1.29 is 4.39 Å². The minimum Gasteiger partial charge on any atom is -0.383 e. The molecule has 4 aromatic carbocycles. The molecule has 6 N–H and O–H groups in total. The number of anilines is 7. The summed E-state index contributed by atoms with van der Waals surface area (Å²) < 4.78 is 17.4. The second-order valence-corrected chi connectivity index (χ2v) is 12.1. The zero-order valence-electron chi connectivity index (χ0n) is 28.9. The average molecular weight is 694 g/mol. The number of halogens is 1. The summed E-state index contributed by atoms with van der Waals surface area (Å²) >= 11 is 0. The van der Waals surface area contributed by atoms with Gasteiger partial charge in [-0.3, -0.25) is 9.13 Å². The van der Waals surface area contributed by atoms with Gasteiger partial charge in [0.25, 0.3) is 0 Å². The lowest BCUT2D eigenvalue weighted by Crippen LogP contribution is -2.09. The Morgan fingerprint density at radius 2 is 1.08 bits per heavy atom. The van der Waals surface area contributed by atoms with Gasteiger partial charge in [-0.25, -0.2) is 14.4 Å². The summed E-state index contributed by atoms with van der Waals surface area (Å²) in [4.78, 5) is 28.8. The fourth-order valence-corrected chi connectivity index (χ4v) is 5.76. The second kappa shape index (κ2) is 14.0. The zero-order chi connectivity index (χ0) is 36.4. The third-order valence-electron chi connectivity index (χ3n) is 8.11. The lowest BCUT2D eigenvalue weighted by Gasteiger charge is -2.13. The van der Waals surface area contributed by atoms with E-state index >= 15 is 0 Å². The van der Waals surface area contributed by atoms with Gasteiger partial charge in [-0.1, -0.05) is 30.3 Å². The number of para-hydroxylation sites is 3. The first-order valence-electron chi connectivity index (χ1n) is 16.4. The molecule has 8 rings (SSSR count). The van der Waals surface area contributed by atoms with Gasteiger partial charge in [0.2, 0.25) is 11.9 Å². The monoisotopic (exact) mass is 693 g/mol. The Balaban J connectivity index is 0.000000162. The van der Waals surface area contributed by atoms with E-state index in [0.29, 0.717) is 52.0 Å². The summed E-state index contributed by atoms with van der Waals surface area (Å²) in [5.74, 6) is 3.90. The number of nitrogens with one attached hydrogen (secondary N) is 2. The molecule has 0 bridgehead atoms. The summed E-state index contributed by atoms with van der Waals surface area (Å²) in [6, 6.07) is 33.4. The molecule has 14 heteroatoms. The van der Waals surface area contributed by atoms with E-state index in [0.717, 1.165) is 33.9 Å². The van der Waals surface area contributed by atoms with Crippen LogP contribution in [0.1, 0.15) is 11.6 Å². The van der Waals surface area contributed by atoms with Crippen molar-refractivity contribution in [2.24, 2.45) is 0 Å². The molecule has 0 aliphatic rings. The molecule has 0 amide bonds. The zero-order valence-corrected chi connectivity index (χ0v) is 28.9. The molecule has 0 atom stereocenters. The molecule has 0 aliphatic carbocycles. The van der Waals surface area contributed by atoms with Crippen molar-refractivity contribution in [3.63, 3.8) is 0 Å². The maximum Gasteiger partial charge on any atom is 0.231 e. The van der Waals surface area contributed by atoms with Gasteiger partial charge in [-0.05, 0) is 74.5 Å². The van der Waals surface area contributed by atoms with Crippen molar-refractivity contribution >= 4 is 62.7 Å². The van der Waals surface area contributed by atoms with E-state index in [4.69, 9.17) is 11.5 Å². The lowest BCUT2D eigenvalue weighted by atomic mass is 10.2. The highest BCUT2D eigenvalue weighted by molar-refractivity contribution is 5.79. The van der Waals surface area contributed by atoms with E-state index in [1.807, 2.05) is 116 Å². The number of hydrogen-bond acceptors (Lipinski definition) is 11. The number of nitrogens with zero attached hydrogens (tertiary/aromatic N) is 9. The number of fused-ring (bicyclic) bond motifs is 2. The van der Waals surface area contributed by atoms with Crippen molar-refractivity contribution in [2.45, 2.75) is 13.8 Å². The van der Waals surface area contributed by atoms with Gasteiger partial charge >= 0.3 is 0 Å². The smallest absolute Gasteiger partial charge is 0.231 e. The molecule has 8 aromatic rings. The molecule has 260 valence electrons. The molecule has 4 heterocycles. The van der Waals surface area contributed by atoms with Gasteiger partial charge in [0, 0.05) is 49.4 Å². The van der Waals surface area contributed by atoms with Crippen molar-refractivity contribution in [1.82, 2.24) is 39.0 Å². The predicted octanol–water partition coefficient (Wildman–Crippen LogP) is 7.10. The van der Waals surface area contributed by atoms with Crippen LogP contribution in [0.25, 0.3) is 33.7 Å². The molecule has 0 aliphatic heterocycles. The minimum absolute atomic E-state index is 0.307. The van der Waals surface area contributed by atoms with E-state index in [1.165, 1.54) is 12.1 Å². The third-order valence-corrected chi connectivity index (χ3v) is 8.11. The SMILES string of the molecule is Cc1nc2ccc(F)cc2n1-c1cc(N)nc(Nc2ccccc2)n1.Cc1nc2ccccc2n1-c1cc(N)nc(Nc2ccc(N(C)C)cc2)n1. The van der Waals surface area contributed by atoms with E-state index < -0.39 is 0 Å². The highest BCUT2D eigenvalue weighted by Gasteiger charge is 2.15. The Kier molecular flexibility index (Phi) is 9.01. The molecule has 0 fully saturated rings. The molecule has 0 radical (unpaired) electrons. The Morgan fingerprint density at radius 3 is 1.67 bits per heavy atom. The van der Waals surface area contributed by atoms with Gasteiger partial charge in [0.15, 0.2) is 0 Å². The summed E-state index contributed by atoms with van der Waals surface area (Å²) in [7, 11) is 4.01. The van der Waals surface area contributed by atoms with E-state index in [9.17, 15) is 4.39 Å². The number of aromatic nitrogens is 8. The van der Waals surface area contributed by atoms with Gasteiger partial charge in [0.05, 0.1) is 22.1 Å². The quantitative estimate of drug-likeness (QED) is 0.134. The number of benzene rings is 4. The maximum absolute atomic E-state index is 13.7. The van der Waals surface area contributed by atoms with Crippen LogP contribution in [0.15, 0.2) is 109 Å². The maximum atomic E-state index is 13.7. The van der Waals surface area contributed by atoms with E-state index in [-0.39, 0.29) is 5.82 Å². The van der Waals surface area contributed by atoms with Gasteiger partial charge in [-0.2, -0.15) is 19.9 Å². The first-order valence-corrected chi connectivity index (χ1v) is 16.4. The van der Waals surface area contributed by atoms with Crippen LogP contribution in [0.2, 0.25) is 0 Å². The van der Waals surface area contributed by atoms with Gasteiger partial charge < -0.3 is 27.0 Å². The van der Waals surface area contributed by atoms with Crippen molar-refractivity contribution in [3.05, 3.63) is 127 Å². The molecular weight excluding hydrogens is 658 g/mol. The highest BCUT2D eigenvalue weighted by Crippen LogP contribution is 2.25. The van der Waals surface area contributed by atoms with Crippen LogP contribution in [0.5, 0.6) is 0 Å². The molecule has 0 saturated carbocycles. The van der Waals surface area contributed by atoms with E-state index in [2.05, 4.69) is 40.5 Å². The average Bonchev–Trinajstić information content (AvgIpc) is 3.63. The Labute approximate surface area is 298 Å². The molecule has 0 unspecified atom stereocenters. The standard InChI is InChI=1S/C20H21N7.C18H15FN6/c1-13-22-16-6-4-5-7-17(16)27(13)19-12-18(21)24-20(25-19)23-14-8-10-15(11-9-14)26(2)3;1-11-21-14-8-7-12(19)9-15(14)25(11)17-10-16(20)23-18(24-17)22-13-5-3-2-4-6-13/h4-12H,1-3H3,(H3,21,23,24,25);2-10H,1H3,(H3,20,22,23,24). The highest BCUT2D eigenvalue weighted by atomic mass is 19.1. The normalized spacial score (nSPS) is 10.9. The van der Waals surface area contributed by atoms with Crippen molar-refractivity contribution in [2.75, 3.05) is 41.1 Å². The first kappa shape index (κ1) is 33.4. The third kappa shape index (κ3) is 7.12. The number of rotatable bonds is 7. The molecule has 52 heavy (non-hydrogen) atoms. The lowest BCUT2D eigenvalue weighted by molar-refractivity contribution is 0.629. The fourth-order valence-electron chi connectivity index (χ4n) is 5.76. The van der Waals surface area contributed by atoms with Crippen LogP contribution < -0.4 is 27.0 Å². The molecule has 4 aromatic heterocycles. The Morgan fingerprint density at radius 1 is 0.558 bits per heavy atom. The number of imidazole rings is 2. The number of nitrogens with two attached hydrogens (primary N) is 2. The van der Waals surface area contributed by atoms with Gasteiger partial charge in [0.1, 0.15) is 40.7 Å². The van der Waals surface area contributed by atoms with Crippen LogP contribution in [0.3, 0.4) is 0 Å². The predicted molar refractivity (Wildman–Crippen MR) is 205 cm³/mol. The summed E-state index contributed by atoms with van der Waals surface area (Å²) in [6.45, 7) is 3.78. The van der Waals surface area contributed by atoms with Crippen LogP contribution in [0.4, 0.5) is 45.0 Å². The largest absolute Gasteiger partial charge is 0.383 e. The minimum atomic E-state index is -0.335. The van der Waals surface area contributed by atoms with Crippen molar-refractivity contribution in [3.8, 4) is 11.6 Å². The van der Waals surface area contributed by atoms with Crippen molar-refractivity contribution in [1.29, 1.82) is 0 Å². The summed E-state index contributed by atoms with van der Waals surface area (Å²) in [5, 5.41) is 6.34. The first-order chi connectivity index (χ1) is 25.1. The van der Waals surface area contributed by atoms with Crippen LogP contribution in [-0.2, 0) is 0 Å². The molecule has 0 saturated heterocycles. The number of nitrogen functional groups attached to an aromatic ring is 2. The van der Waals surface area contributed by atoms with Crippen LogP contribution >= 0.6 is 0 Å². The Hall–Kier alpha value is -7.09. The fraction of sp³-hybridized carbons (Fsp3) is 0.105. The van der Waals surface area contributed by atoms with Gasteiger partial charge in [-0.15, -0.1) is 0 Å². The molecule has 13 nitrogen and oxygen atoms in total. The summed E-state index contributed by atoms with van der Waals surface area (Å²) in [6.07, 6.45) is 0.